The Bertz CT molecular complexity index is 1030. The van der Waals surface area contributed by atoms with E-state index in [2.05, 4.69) is 40.4 Å². The van der Waals surface area contributed by atoms with Gasteiger partial charge in [0.25, 0.3) is 0 Å². The first-order valence-electron chi connectivity index (χ1n) is 9.54. The van der Waals surface area contributed by atoms with Crippen LogP contribution in [-0.2, 0) is 23.0 Å². The molecule has 4 nitrogen and oxygen atoms in total. The molecule has 4 rings (SSSR count). The summed E-state index contributed by atoms with van der Waals surface area (Å²) >= 11 is 1.70. The topological polar surface area (TPSA) is 50.6 Å². The average molecular weight is 414 g/mol. The van der Waals surface area contributed by atoms with Crippen LogP contribution in [0.25, 0.3) is 0 Å². The van der Waals surface area contributed by atoms with Crippen LogP contribution < -0.4 is 9.62 Å². The molecule has 1 aliphatic heterocycles. The van der Waals surface area contributed by atoms with E-state index in [1.807, 2.05) is 25.1 Å². The van der Waals surface area contributed by atoms with E-state index in [0.29, 0.717) is 11.4 Å². The first kappa shape index (κ1) is 19.3. The summed E-state index contributed by atoms with van der Waals surface area (Å²) in [5.74, 6) is 0. The maximum Gasteiger partial charge on any atom is 0.240 e. The van der Waals surface area contributed by atoms with Crippen molar-refractivity contribution < 1.29 is 13.3 Å². The Balaban J connectivity index is 1.54. The zero-order valence-corrected chi connectivity index (χ0v) is 17.5. The van der Waals surface area contributed by atoms with Crippen LogP contribution in [0, 0.1) is 6.92 Å². The van der Waals surface area contributed by atoms with E-state index in [1.54, 1.807) is 23.5 Å². The lowest BCUT2D eigenvalue weighted by Crippen LogP contribution is -3.12. The number of hydrogen-bond acceptors (Lipinski definition) is 3. The fourth-order valence-electron chi connectivity index (χ4n) is 3.83. The third kappa shape index (κ3) is 4.20. The van der Waals surface area contributed by atoms with Crippen molar-refractivity contribution in [2.75, 3.05) is 13.1 Å². The maximum absolute atomic E-state index is 12.8. The highest BCUT2D eigenvalue weighted by Gasteiger charge is 2.30. The molecular weight excluding hydrogens is 388 g/mol. The Labute approximate surface area is 170 Å². The molecule has 2 atom stereocenters. The molecule has 1 unspecified atom stereocenters. The van der Waals surface area contributed by atoms with Crippen LogP contribution in [-0.4, -0.2) is 21.5 Å². The van der Waals surface area contributed by atoms with Gasteiger partial charge in [-0.1, -0.05) is 48.0 Å². The first-order valence-corrected chi connectivity index (χ1v) is 11.9. The quantitative estimate of drug-likeness (QED) is 0.653. The molecule has 0 amide bonds. The largest absolute Gasteiger partial charge is 0.323 e. The second-order valence-corrected chi connectivity index (χ2v) is 10.1. The number of quaternary nitrogens is 1. The molecule has 1 aliphatic rings. The molecule has 3 aromatic rings. The Morgan fingerprint density at radius 3 is 2.50 bits per heavy atom. The molecule has 0 bridgehead atoms. The van der Waals surface area contributed by atoms with Crippen molar-refractivity contribution >= 4 is 21.4 Å². The Morgan fingerprint density at radius 2 is 1.79 bits per heavy atom. The van der Waals surface area contributed by atoms with Crippen LogP contribution in [0.5, 0.6) is 0 Å². The van der Waals surface area contributed by atoms with E-state index in [0.717, 1.165) is 25.1 Å². The third-order valence-electron chi connectivity index (χ3n) is 5.44. The highest BCUT2D eigenvalue weighted by Crippen LogP contribution is 2.20. The highest BCUT2D eigenvalue weighted by atomic mass is 32.2. The van der Waals surface area contributed by atoms with E-state index in [9.17, 15) is 8.42 Å². The van der Waals surface area contributed by atoms with E-state index in [-0.39, 0.29) is 6.04 Å². The average Bonchev–Trinajstić information content (AvgIpc) is 3.23. The van der Waals surface area contributed by atoms with Gasteiger partial charge >= 0.3 is 0 Å². The highest BCUT2D eigenvalue weighted by molar-refractivity contribution is 7.89. The van der Waals surface area contributed by atoms with Gasteiger partial charge in [0.15, 0.2) is 0 Å². The summed E-state index contributed by atoms with van der Waals surface area (Å²) in [7, 11) is -3.52. The minimum atomic E-state index is -3.52. The van der Waals surface area contributed by atoms with Crippen molar-refractivity contribution in [2.24, 2.45) is 0 Å². The number of sulfonamides is 1. The van der Waals surface area contributed by atoms with Gasteiger partial charge in [-0.15, -0.1) is 11.3 Å². The summed E-state index contributed by atoms with van der Waals surface area (Å²) in [6.45, 7) is 4.28. The Hall–Kier alpha value is -1.99. The molecule has 2 N–H and O–H groups in total. The van der Waals surface area contributed by atoms with Crippen molar-refractivity contribution in [2.45, 2.75) is 30.8 Å². The fraction of sp³-hybridized carbons (Fsp3) is 0.273. The minimum absolute atomic E-state index is 0.105. The molecule has 0 radical (unpaired) electrons. The predicted octanol–water partition coefficient (Wildman–Crippen LogP) is 2.72. The van der Waals surface area contributed by atoms with Crippen LogP contribution >= 0.6 is 11.3 Å². The molecule has 0 spiro atoms. The Morgan fingerprint density at radius 1 is 1.04 bits per heavy atom. The summed E-state index contributed by atoms with van der Waals surface area (Å²) in [5.41, 5.74) is 3.83. The van der Waals surface area contributed by atoms with Crippen molar-refractivity contribution in [3.8, 4) is 0 Å². The number of rotatable bonds is 6. The van der Waals surface area contributed by atoms with Crippen molar-refractivity contribution in [3.05, 3.63) is 87.6 Å². The number of nitrogens with one attached hydrogen (secondary N) is 2. The predicted molar refractivity (Wildman–Crippen MR) is 113 cm³/mol. The molecule has 1 aromatic heterocycles. The van der Waals surface area contributed by atoms with Crippen molar-refractivity contribution in [1.82, 2.24) is 4.72 Å². The summed E-state index contributed by atoms with van der Waals surface area (Å²) in [5, 5.41) is 2.06. The van der Waals surface area contributed by atoms with E-state index in [1.165, 1.54) is 20.9 Å². The number of benzene rings is 2. The van der Waals surface area contributed by atoms with Gasteiger partial charge in [0.2, 0.25) is 10.0 Å². The monoisotopic (exact) mass is 413 g/mol. The molecule has 2 heterocycles. The molecule has 28 heavy (non-hydrogen) atoms. The SMILES string of the molecule is Cc1ccc(S(=O)(=O)NC[C@@H](c2cccs2)[NH+]2CCc3ccccc3C2)cc1. The molecule has 0 saturated heterocycles. The molecule has 0 aliphatic carbocycles. The van der Waals surface area contributed by atoms with Crippen LogP contribution in [0.4, 0.5) is 0 Å². The first-order chi connectivity index (χ1) is 13.5. The van der Waals surface area contributed by atoms with Crippen molar-refractivity contribution in [1.29, 1.82) is 0 Å². The van der Waals surface area contributed by atoms with Crippen LogP contribution in [0.2, 0.25) is 0 Å². The number of thiophene rings is 1. The van der Waals surface area contributed by atoms with Gasteiger partial charge in [0, 0.05) is 12.0 Å². The Kier molecular flexibility index (Phi) is 5.64. The van der Waals surface area contributed by atoms with Crippen LogP contribution in [0.3, 0.4) is 0 Å². The molecule has 6 heteroatoms. The van der Waals surface area contributed by atoms with Gasteiger partial charge in [-0.05, 0) is 36.1 Å². The van der Waals surface area contributed by atoms with Crippen LogP contribution in [0.15, 0.2) is 70.9 Å². The van der Waals surface area contributed by atoms with Gasteiger partial charge in [0.05, 0.1) is 22.9 Å². The lowest BCUT2D eigenvalue weighted by molar-refractivity contribution is -0.945. The minimum Gasteiger partial charge on any atom is -0.323 e. The molecular formula is C22H25N2O2S2+. The summed E-state index contributed by atoms with van der Waals surface area (Å²) < 4.78 is 28.4. The van der Waals surface area contributed by atoms with Crippen LogP contribution in [0.1, 0.15) is 27.6 Å². The molecule has 0 saturated carbocycles. The van der Waals surface area contributed by atoms with Gasteiger partial charge < -0.3 is 4.90 Å². The maximum atomic E-state index is 12.8. The van der Waals surface area contributed by atoms with E-state index in [4.69, 9.17) is 0 Å². The fourth-order valence-corrected chi connectivity index (χ4v) is 5.76. The van der Waals surface area contributed by atoms with Gasteiger partial charge in [-0.3, -0.25) is 0 Å². The van der Waals surface area contributed by atoms with Gasteiger partial charge in [-0.2, -0.15) is 0 Å². The van der Waals surface area contributed by atoms with Gasteiger partial charge in [0.1, 0.15) is 12.6 Å². The van der Waals surface area contributed by atoms with Gasteiger partial charge in [-0.25, -0.2) is 13.1 Å². The lowest BCUT2D eigenvalue weighted by Gasteiger charge is -2.32. The summed E-state index contributed by atoms with van der Waals surface area (Å²) in [6.07, 6.45) is 1.03. The zero-order valence-electron chi connectivity index (χ0n) is 15.9. The number of aryl methyl sites for hydroxylation is 1. The second-order valence-electron chi connectivity index (χ2n) is 7.34. The number of hydrogen-bond donors (Lipinski definition) is 2. The molecule has 0 fully saturated rings. The van der Waals surface area contributed by atoms with Crippen molar-refractivity contribution in [3.63, 3.8) is 0 Å². The normalized spacial score (nSPS) is 17.8. The second kappa shape index (κ2) is 8.17. The standard InChI is InChI=1S/C22H24N2O2S2/c1-17-8-10-20(11-9-17)28(25,26)23-15-21(22-7-4-14-27-22)24-13-12-18-5-2-3-6-19(18)16-24/h2-11,14,21,23H,12-13,15-16H2,1H3/p+1/t21-/m0/s1. The van der Waals surface area contributed by atoms with E-state index < -0.39 is 10.0 Å². The summed E-state index contributed by atoms with van der Waals surface area (Å²) in [6, 6.07) is 19.8. The molecule has 2 aromatic carbocycles. The molecule has 146 valence electrons. The summed E-state index contributed by atoms with van der Waals surface area (Å²) in [4.78, 5) is 2.95. The van der Waals surface area contributed by atoms with E-state index >= 15 is 0 Å². The smallest absolute Gasteiger partial charge is 0.240 e. The third-order valence-corrected chi connectivity index (χ3v) is 7.86. The zero-order chi connectivity index (χ0) is 19.6. The lowest BCUT2D eigenvalue weighted by atomic mass is 9.98. The number of fused-ring (bicyclic) bond motifs is 1.